The fourth-order valence-electron chi connectivity index (χ4n) is 0.909. The lowest BCUT2D eigenvalue weighted by molar-refractivity contribution is -0.171. The summed E-state index contributed by atoms with van der Waals surface area (Å²) in [6.45, 7) is 1.73. The first kappa shape index (κ1) is 20.5. The third-order valence-electron chi connectivity index (χ3n) is 1.73. The van der Waals surface area contributed by atoms with Gasteiger partial charge in [0.2, 0.25) is 0 Å². The molecule has 0 heterocycles. The molecule has 0 saturated heterocycles. The maximum Gasteiger partial charge on any atom is 0.692 e. The van der Waals surface area contributed by atoms with Gasteiger partial charge in [-0.3, -0.25) is 0 Å². The molecule has 1 rings (SSSR count). The Morgan fingerprint density at radius 1 is 0.947 bits per heavy atom. The van der Waals surface area contributed by atoms with Gasteiger partial charge in [0.1, 0.15) is 0 Å². The van der Waals surface area contributed by atoms with E-state index in [0.29, 0.717) is 12.0 Å². The van der Waals surface area contributed by atoms with Gasteiger partial charge in [-0.25, -0.2) is 0 Å². The summed E-state index contributed by atoms with van der Waals surface area (Å²) in [6.07, 6.45) is 0.303. The largest absolute Gasteiger partial charge is 0.692 e. The van der Waals surface area contributed by atoms with E-state index in [1.807, 2.05) is 6.07 Å². The summed E-state index contributed by atoms with van der Waals surface area (Å²) in [5, 5.41) is 18.7. The van der Waals surface area contributed by atoms with Crippen molar-refractivity contribution in [1.29, 1.82) is 0 Å². The lowest BCUT2D eigenvalue weighted by Gasteiger charge is -2.19. The molecular weight excluding hydrogens is 298 g/mol. The minimum atomic E-state index is -2.87. The van der Waals surface area contributed by atoms with E-state index in [1.54, 1.807) is 31.2 Å². The number of benzene rings is 1. The molecule has 0 atom stereocenters. The molecule has 0 bridgehead atoms. The number of hydrogen-bond donors (Lipinski definition) is 6. The lowest BCUT2D eigenvalue weighted by atomic mass is 10.0. The van der Waals surface area contributed by atoms with Crippen molar-refractivity contribution in [3.63, 3.8) is 0 Å². The van der Waals surface area contributed by atoms with Crippen LogP contribution in [0, 0.1) is 0 Å². The van der Waals surface area contributed by atoms with E-state index >= 15 is 0 Å². The van der Waals surface area contributed by atoms with E-state index in [9.17, 15) is 10.2 Å². The fourth-order valence-corrected chi connectivity index (χ4v) is 0.909. The van der Waals surface area contributed by atoms with Crippen molar-refractivity contribution in [3.05, 3.63) is 35.9 Å². The number of hydrogen-bond acceptors (Lipinski definition) is 4. The molecule has 108 valence electrons. The summed E-state index contributed by atoms with van der Waals surface area (Å²) in [6, 6.07) is 8.81. The topological polar surface area (TPSA) is 156 Å². The lowest BCUT2D eigenvalue weighted by Crippen LogP contribution is -2.23. The first-order chi connectivity index (χ1) is 8.63. The molecule has 10 heteroatoms. The van der Waals surface area contributed by atoms with Crippen LogP contribution in [-0.4, -0.2) is 29.8 Å². The fraction of sp³-hybridized carbons (Fsp3) is 0.333. The Kier molecular flexibility index (Phi) is 11.9. The molecule has 0 spiro atoms. The van der Waals surface area contributed by atoms with Crippen LogP contribution in [0.5, 0.6) is 0 Å². The second kappa shape index (κ2) is 11.0. The van der Waals surface area contributed by atoms with Crippen LogP contribution in [0.2, 0.25) is 0 Å². The summed E-state index contributed by atoms with van der Waals surface area (Å²) in [4.78, 5) is 28.5. The van der Waals surface area contributed by atoms with Crippen molar-refractivity contribution < 1.29 is 38.9 Å². The van der Waals surface area contributed by atoms with Gasteiger partial charge in [-0.05, 0) is 0 Å². The van der Waals surface area contributed by atoms with Crippen LogP contribution in [0.4, 0.5) is 0 Å². The van der Waals surface area contributed by atoms with Gasteiger partial charge in [0.05, 0.1) is 0 Å². The Hall–Kier alpha value is -0.820. The van der Waals surface area contributed by atoms with E-state index < -0.39 is 22.3 Å². The minimum Gasteiger partial charge on any atom is -0.362 e. The molecule has 6 N–H and O–H groups in total. The van der Waals surface area contributed by atoms with Crippen LogP contribution in [0.3, 0.4) is 0 Å². The van der Waals surface area contributed by atoms with E-state index in [4.69, 9.17) is 28.7 Å². The highest BCUT2D eigenvalue weighted by Crippen LogP contribution is 2.20. The van der Waals surface area contributed by atoms with Crippen LogP contribution in [0.25, 0.3) is 0 Å². The zero-order chi connectivity index (χ0) is 15.5. The van der Waals surface area contributed by atoms with Crippen LogP contribution >= 0.6 is 16.5 Å². The number of rotatable bonds is 2. The van der Waals surface area contributed by atoms with Crippen molar-refractivity contribution in [2.45, 2.75) is 19.1 Å². The summed E-state index contributed by atoms with van der Waals surface area (Å²) >= 11 is 0. The van der Waals surface area contributed by atoms with E-state index in [1.165, 1.54) is 0 Å². The van der Waals surface area contributed by atoms with Gasteiger partial charge in [0.25, 0.3) is 0 Å². The smallest absolute Gasteiger partial charge is 0.362 e. The third-order valence-corrected chi connectivity index (χ3v) is 1.73. The summed E-state index contributed by atoms with van der Waals surface area (Å²) in [5.74, 6) is -1.67. The van der Waals surface area contributed by atoms with Crippen molar-refractivity contribution in [3.8, 4) is 0 Å². The molecule has 0 radical (unpaired) electrons. The Labute approximate surface area is 111 Å². The monoisotopic (exact) mass is 314 g/mol. The van der Waals surface area contributed by atoms with Crippen molar-refractivity contribution in [1.82, 2.24) is 0 Å². The van der Waals surface area contributed by atoms with Gasteiger partial charge in [0, 0.05) is 21.1 Å². The second-order valence-corrected chi connectivity index (χ2v) is 4.05. The molecule has 0 unspecified atom stereocenters. The van der Waals surface area contributed by atoms with E-state index in [-0.39, 0.29) is 0 Å². The molecule has 1 aromatic carbocycles. The minimum absolute atomic E-state index is 0.303. The molecule has 0 saturated carbocycles. The predicted octanol–water partition coefficient (Wildman–Crippen LogP) is 0.491. The molecule has 0 fully saturated rings. The molecule has 1 aromatic rings. The zero-order valence-electron chi connectivity index (χ0n) is 9.99. The molecule has 8 nitrogen and oxygen atoms in total. The molecule has 0 amide bonds. The average Bonchev–Trinajstić information content (AvgIpc) is 2.29. The Balaban J connectivity index is 0. The van der Waals surface area contributed by atoms with Gasteiger partial charge in [0.15, 0.2) is 5.79 Å². The van der Waals surface area contributed by atoms with Gasteiger partial charge in [-0.2, -0.15) is 0 Å². The normalized spacial score (nSPS) is 9.42. The first-order valence-corrected chi connectivity index (χ1v) is 7.16. The molecule has 0 aliphatic rings. The Bertz CT molecular complexity index is 361. The molecule has 0 aliphatic carbocycles. The molecule has 19 heavy (non-hydrogen) atoms. The highest BCUT2D eigenvalue weighted by Gasteiger charge is 2.21. The Morgan fingerprint density at radius 3 is 1.53 bits per heavy atom. The van der Waals surface area contributed by atoms with E-state index in [0.717, 1.165) is 0 Å². The van der Waals surface area contributed by atoms with Crippen LogP contribution in [0.1, 0.15) is 18.9 Å². The van der Waals surface area contributed by atoms with Crippen molar-refractivity contribution in [2.24, 2.45) is 0 Å². The summed E-state index contributed by atoms with van der Waals surface area (Å²) in [5.41, 5.74) is 0.544. The zero-order valence-corrected chi connectivity index (χ0v) is 11.8. The van der Waals surface area contributed by atoms with Crippen LogP contribution in [-0.2, 0) is 14.9 Å². The van der Waals surface area contributed by atoms with Crippen LogP contribution < -0.4 is 0 Å². The van der Waals surface area contributed by atoms with Crippen LogP contribution in [0.15, 0.2) is 30.3 Å². The van der Waals surface area contributed by atoms with Gasteiger partial charge >= 0.3 is 16.5 Å². The van der Waals surface area contributed by atoms with E-state index in [2.05, 4.69) is 0 Å². The standard InChI is InChI=1S/C9H12O2.2HO3P/c1-2-9(10,11)8-6-4-3-5-7-8;2*1-4(2)3/h3-7,10-11H,2H2,1H3;2*(H-,1,2,3)/p+2. The average molecular weight is 314 g/mol. The van der Waals surface area contributed by atoms with Crippen molar-refractivity contribution in [2.75, 3.05) is 0 Å². The number of aliphatic hydroxyl groups is 2. The van der Waals surface area contributed by atoms with Gasteiger partial charge in [-0.1, -0.05) is 37.3 Å². The highest BCUT2D eigenvalue weighted by atomic mass is 31.1. The molecule has 0 aromatic heterocycles. The molecule has 0 aliphatic heterocycles. The van der Waals surface area contributed by atoms with Gasteiger partial charge in [-0.15, -0.1) is 19.6 Å². The van der Waals surface area contributed by atoms with Gasteiger partial charge < -0.3 is 10.2 Å². The predicted molar refractivity (Wildman–Crippen MR) is 66.9 cm³/mol. The second-order valence-electron chi connectivity index (χ2n) is 3.04. The maximum absolute atomic E-state index is 9.35. The quantitative estimate of drug-likeness (QED) is 0.340. The summed E-state index contributed by atoms with van der Waals surface area (Å²) in [7, 11) is -5.74. The Morgan fingerprint density at radius 2 is 1.26 bits per heavy atom. The SMILES string of the molecule is CCC(O)(O)c1ccccc1.O=[P+](O)O.O=[P+](O)O. The first-order valence-electron chi connectivity index (χ1n) is 4.83. The third kappa shape index (κ3) is 15.1. The highest BCUT2D eigenvalue weighted by molar-refractivity contribution is 7.31. The summed E-state index contributed by atoms with van der Waals surface area (Å²) < 4.78 is 17.4. The maximum atomic E-state index is 9.35. The molecular formula is C9H16O8P2+2. The van der Waals surface area contributed by atoms with Crippen molar-refractivity contribution >= 4 is 16.5 Å².